The number of carbonyl (C=O) groups is 2. The van der Waals surface area contributed by atoms with E-state index >= 15 is 0 Å². The molecule has 0 saturated heterocycles. The van der Waals surface area contributed by atoms with E-state index in [2.05, 4.69) is 10.6 Å². The molecule has 130 valence electrons. The Morgan fingerprint density at radius 2 is 1.52 bits per heavy atom. The number of rotatable bonds is 4. The minimum Gasteiger partial charge on any atom is -0.325 e. The van der Waals surface area contributed by atoms with Crippen LogP contribution in [-0.4, -0.2) is 11.8 Å². The molecule has 0 spiro atoms. The van der Waals surface area contributed by atoms with Crippen LogP contribution in [0.15, 0.2) is 36.4 Å². The molecule has 0 unspecified atom stereocenters. The molecule has 0 radical (unpaired) electrons. The number of halogens is 1. The van der Waals surface area contributed by atoms with Crippen LogP contribution in [0.3, 0.4) is 0 Å². The maximum atomic E-state index is 12.7. The highest BCUT2D eigenvalue weighted by Gasteiger charge is 2.56. The van der Waals surface area contributed by atoms with Crippen LogP contribution in [0.5, 0.6) is 0 Å². The second-order valence-corrected chi connectivity index (χ2v) is 7.19. The van der Waals surface area contributed by atoms with Gasteiger partial charge in [0.05, 0.1) is 0 Å². The van der Waals surface area contributed by atoms with E-state index in [1.54, 1.807) is 12.1 Å². The number of carbonyl (C=O) groups excluding carboxylic acids is 2. The van der Waals surface area contributed by atoms with Crippen molar-refractivity contribution >= 4 is 34.8 Å². The molecule has 0 bridgehead atoms. The molecular formula is C20H21ClN2O2. The highest BCUT2D eigenvalue weighted by molar-refractivity contribution is 6.31. The number of hydrogen-bond acceptors (Lipinski definition) is 2. The Bertz CT molecular complexity index is 857. The quantitative estimate of drug-likeness (QED) is 0.785. The lowest BCUT2D eigenvalue weighted by Gasteiger charge is -2.17. The van der Waals surface area contributed by atoms with Crippen LogP contribution in [0.1, 0.15) is 29.5 Å². The van der Waals surface area contributed by atoms with Crippen molar-refractivity contribution in [2.75, 3.05) is 10.6 Å². The monoisotopic (exact) mass is 356 g/mol. The van der Waals surface area contributed by atoms with Gasteiger partial charge in [0.15, 0.2) is 0 Å². The number of benzene rings is 2. The van der Waals surface area contributed by atoms with Gasteiger partial charge in [-0.05, 0) is 74.6 Å². The second kappa shape index (κ2) is 6.52. The van der Waals surface area contributed by atoms with E-state index in [4.69, 9.17) is 11.6 Å². The molecule has 0 aliphatic heterocycles. The van der Waals surface area contributed by atoms with Gasteiger partial charge in [-0.2, -0.15) is 0 Å². The van der Waals surface area contributed by atoms with Crippen LogP contribution in [0.2, 0.25) is 5.02 Å². The predicted molar refractivity (Wildman–Crippen MR) is 101 cm³/mol. The molecule has 1 aliphatic carbocycles. The smallest absolute Gasteiger partial charge is 0.240 e. The summed E-state index contributed by atoms with van der Waals surface area (Å²) in [6, 6.07) is 11.0. The number of anilines is 2. The normalized spacial score (nSPS) is 14.7. The molecule has 3 rings (SSSR count). The van der Waals surface area contributed by atoms with Gasteiger partial charge >= 0.3 is 0 Å². The Morgan fingerprint density at radius 3 is 2.16 bits per heavy atom. The first-order valence-corrected chi connectivity index (χ1v) is 8.66. The summed E-state index contributed by atoms with van der Waals surface area (Å²) in [5.74, 6) is -0.535. The molecule has 0 heterocycles. The zero-order chi connectivity index (χ0) is 18.2. The Kier molecular flexibility index (Phi) is 4.56. The van der Waals surface area contributed by atoms with E-state index < -0.39 is 5.41 Å². The summed E-state index contributed by atoms with van der Waals surface area (Å²) in [6.07, 6.45) is 1.10. The highest BCUT2D eigenvalue weighted by atomic mass is 35.5. The molecule has 0 atom stereocenters. The fourth-order valence-electron chi connectivity index (χ4n) is 2.72. The summed E-state index contributed by atoms with van der Waals surface area (Å²) in [5.41, 5.74) is 3.53. The highest BCUT2D eigenvalue weighted by Crippen LogP contribution is 2.47. The predicted octanol–water partition coefficient (Wildman–Crippen LogP) is 4.62. The average molecular weight is 357 g/mol. The molecule has 4 nitrogen and oxygen atoms in total. The lowest BCUT2D eigenvalue weighted by Crippen LogP contribution is -2.35. The second-order valence-electron chi connectivity index (χ2n) is 6.75. The summed E-state index contributed by atoms with van der Waals surface area (Å²) in [4.78, 5) is 25.4. The van der Waals surface area contributed by atoms with Crippen molar-refractivity contribution in [3.63, 3.8) is 0 Å². The number of hydrogen-bond donors (Lipinski definition) is 2. The first-order chi connectivity index (χ1) is 11.8. The maximum absolute atomic E-state index is 12.7. The minimum atomic E-state index is -0.993. The van der Waals surface area contributed by atoms with Crippen molar-refractivity contribution in [2.45, 2.75) is 33.6 Å². The minimum absolute atomic E-state index is 0.257. The average Bonchev–Trinajstić information content (AvgIpc) is 3.36. The van der Waals surface area contributed by atoms with E-state index in [9.17, 15) is 9.59 Å². The Morgan fingerprint density at radius 1 is 0.880 bits per heavy atom. The van der Waals surface area contributed by atoms with Gasteiger partial charge in [-0.3, -0.25) is 9.59 Å². The summed E-state index contributed by atoms with van der Waals surface area (Å²) >= 11 is 6.00. The largest absolute Gasteiger partial charge is 0.325 e. The van der Waals surface area contributed by atoms with Crippen molar-refractivity contribution in [3.05, 3.63) is 58.1 Å². The van der Waals surface area contributed by atoms with E-state index in [1.807, 2.05) is 45.0 Å². The van der Waals surface area contributed by atoms with Crippen LogP contribution in [0, 0.1) is 26.2 Å². The van der Waals surface area contributed by atoms with Crippen LogP contribution >= 0.6 is 11.6 Å². The molecule has 2 aromatic rings. The van der Waals surface area contributed by atoms with Crippen LogP contribution < -0.4 is 10.6 Å². The first-order valence-electron chi connectivity index (χ1n) is 8.28. The SMILES string of the molecule is Cc1ccc(NC(=O)C2(C(=O)Nc3cc(Cl)ccc3C)CC2)cc1C. The van der Waals surface area contributed by atoms with E-state index in [-0.39, 0.29) is 11.8 Å². The third-order valence-corrected chi connectivity index (χ3v) is 5.07. The molecule has 1 aliphatic rings. The third kappa shape index (κ3) is 3.54. The van der Waals surface area contributed by atoms with Crippen molar-refractivity contribution in [3.8, 4) is 0 Å². The Balaban J connectivity index is 1.74. The Hall–Kier alpha value is -2.33. The lowest BCUT2D eigenvalue weighted by molar-refractivity contribution is -0.131. The molecule has 5 heteroatoms. The fraction of sp³-hybridized carbons (Fsp3) is 0.300. The fourth-order valence-corrected chi connectivity index (χ4v) is 2.90. The van der Waals surface area contributed by atoms with E-state index in [0.29, 0.717) is 29.2 Å². The molecule has 2 aromatic carbocycles. The van der Waals surface area contributed by atoms with Crippen molar-refractivity contribution < 1.29 is 9.59 Å². The van der Waals surface area contributed by atoms with Gasteiger partial charge in [-0.25, -0.2) is 0 Å². The lowest BCUT2D eigenvalue weighted by atomic mass is 10.0. The van der Waals surface area contributed by atoms with Crippen LogP contribution in [-0.2, 0) is 9.59 Å². The maximum Gasteiger partial charge on any atom is 0.240 e. The van der Waals surface area contributed by atoms with Gasteiger partial charge in [0.2, 0.25) is 11.8 Å². The number of nitrogens with one attached hydrogen (secondary N) is 2. The van der Waals surface area contributed by atoms with Gasteiger partial charge in [0.1, 0.15) is 5.41 Å². The van der Waals surface area contributed by atoms with Gasteiger partial charge in [0.25, 0.3) is 0 Å². The van der Waals surface area contributed by atoms with Crippen LogP contribution in [0.25, 0.3) is 0 Å². The summed E-state index contributed by atoms with van der Waals surface area (Å²) in [7, 11) is 0. The Labute approximate surface area is 152 Å². The topological polar surface area (TPSA) is 58.2 Å². The van der Waals surface area contributed by atoms with E-state index in [0.717, 1.165) is 16.7 Å². The zero-order valence-electron chi connectivity index (χ0n) is 14.6. The standard InChI is InChI=1S/C20H21ClN2O2/c1-12-5-7-16(10-14(12)3)22-18(24)20(8-9-20)19(25)23-17-11-15(21)6-4-13(17)2/h4-7,10-11H,8-9H2,1-3H3,(H,22,24)(H,23,25). The molecular weight excluding hydrogens is 336 g/mol. The summed E-state index contributed by atoms with van der Waals surface area (Å²) in [5, 5.41) is 6.28. The third-order valence-electron chi connectivity index (χ3n) is 4.83. The first kappa shape index (κ1) is 17.5. The molecule has 0 aromatic heterocycles. The van der Waals surface area contributed by atoms with Gasteiger partial charge in [-0.15, -0.1) is 0 Å². The van der Waals surface area contributed by atoms with Crippen molar-refractivity contribution in [1.82, 2.24) is 0 Å². The summed E-state index contributed by atoms with van der Waals surface area (Å²) < 4.78 is 0. The van der Waals surface area contributed by atoms with Gasteiger partial charge < -0.3 is 10.6 Å². The molecule has 2 N–H and O–H groups in total. The van der Waals surface area contributed by atoms with Crippen LogP contribution in [0.4, 0.5) is 11.4 Å². The molecule has 25 heavy (non-hydrogen) atoms. The van der Waals surface area contributed by atoms with Gasteiger partial charge in [0, 0.05) is 16.4 Å². The van der Waals surface area contributed by atoms with Crippen molar-refractivity contribution in [2.24, 2.45) is 5.41 Å². The molecule has 2 amide bonds. The summed E-state index contributed by atoms with van der Waals surface area (Å²) in [6.45, 7) is 5.90. The van der Waals surface area contributed by atoms with E-state index in [1.165, 1.54) is 0 Å². The number of amides is 2. The molecule has 1 saturated carbocycles. The molecule has 1 fully saturated rings. The van der Waals surface area contributed by atoms with Gasteiger partial charge in [-0.1, -0.05) is 23.7 Å². The number of aryl methyl sites for hydroxylation is 3. The van der Waals surface area contributed by atoms with Crippen molar-refractivity contribution in [1.29, 1.82) is 0 Å². The zero-order valence-corrected chi connectivity index (χ0v) is 15.3.